The predicted molar refractivity (Wildman–Crippen MR) is 109 cm³/mol. The van der Waals surface area contributed by atoms with Gasteiger partial charge in [0.1, 0.15) is 0 Å². The molecule has 150 valence electrons. The van der Waals surface area contributed by atoms with Crippen LogP contribution in [0.25, 0.3) is 0 Å². The van der Waals surface area contributed by atoms with Crippen molar-refractivity contribution in [3.63, 3.8) is 0 Å². The molecule has 30 heavy (non-hydrogen) atoms. The van der Waals surface area contributed by atoms with Gasteiger partial charge >= 0.3 is 5.97 Å². The van der Waals surface area contributed by atoms with E-state index in [9.17, 15) is 24.5 Å². The van der Waals surface area contributed by atoms with Crippen LogP contribution in [0, 0.1) is 10.1 Å². The second-order valence-corrected chi connectivity index (χ2v) is 6.20. The fourth-order valence-electron chi connectivity index (χ4n) is 2.57. The number of nitro groups is 1. The van der Waals surface area contributed by atoms with E-state index >= 15 is 0 Å². The average Bonchev–Trinajstić information content (AvgIpc) is 2.78. The van der Waals surface area contributed by atoms with Gasteiger partial charge in [-0.25, -0.2) is 4.79 Å². The summed E-state index contributed by atoms with van der Waals surface area (Å²) < 4.78 is 4.99. The van der Waals surface area contributed by atoms with Gasteiger partial charge in [0.2, 0.25) is 5.78 Å². The smallest absolute Gasteiger partial charge is 0.338 e. The molecule has 8 heteroatoms. The molecule has 0 unspecified atom stereocenters. The molecule has 0 spiro atoms. The van der Waals surface area contributed by atoms with Gasteiger partial charge in [0.15, 0.2) is 6.61 Å². The minimum Gasteiger partial charge on any atom is -0.454 e. The van der Waals surface area contributed by atoms with Crippen LogP contribution in [-0.2, 0) is 4.74 Å². The number of esters is 1. The van der Waals surface area contributed by atoms with Crippen LogP contribution in [0.4, 0.5) is 11.4 Å². The minimum absolute atomic E-state index is 0.0796. The first-order chi connectivity index (χ1) is 14.4. The maximum atomic E-state index is 12.1. The summed E-state index contributed by atoms with van der Waals surface area (Å²) in [6.45, 7) is -0.549. The maximum absolute atomic E-state index is 12.1. The van der Waals surface area contributed by atoms with Crippen molar-refractivity contribution < 1.29 is 24.0 Å². The highest BCUT2D eigenvalue weighted by atomic mass is 16.6. The highest BCUT2D eigenvalue weighted by molar-refractivity contribution is 6.04. The van der Waals surface area contributed by atoms with Gasteiger partial charge in [0.25, 0.3) is 11.6 Å². The molecule has 0 aliphatic rings. The van der Waals surface area contributed by atoms with Crippen molar-refractivity contribution in [3.05, 3.63) is 106 Å². The Balaban J connectivity index is 1.57. The van der Waals surface area contributed by atoms with E-state index in [1.807, 2.05) is 0 Å². The van der Waals surface area contributed by atoms with Crippen LogP contribution in [-0.4, -0.2) is 29.2 Å². The first-order valence-corrected chi connectivity index (χ1v) is 8.85. The number of hydrogen-bond donors (Lipinski definition) is 1. The molecule has 3 rings (SSSR count). The number of amides is 1. The lowest BCUT2D eigenvalue weighted by molar-refractivity contribution is -0.384. The van der Waals surface area contributed by atoms with Crippen molar-refractivity contribution in [2.24, 2.45) is 0 Å². The number of ketones is 1. The van der Waals surface area contributed by atoms with Crippen molar-refractivity contribution in [1.82, 2.24) is 0 Å². The van der Waals surface area contributed by atoms with Crippen LogP contribution < -0.4 is 5.32 Å². The first kappa shape index (κ1) is 20.4. The topological polar surface area (TPSA) is 116 Å². The number of anilines is 1. The van der Waals surface area contributed by atoms with E-state index in [-0.39, 0.29) is 22.7 Å². The number of nitro benzene ring substituents is 1. The number of benzene rings is 3. The van der Waals surface area contributed by atoms with Gasteiger partial charge in [-0.15, -0.1) is 0 Å². The summed E-state index contributed by atoms with van der Waals surface area (Å²) in [7, 11) is 0. The SMILES string of the molecule is O=C(COC(=O)c1ccc(NC(=O)c2ccccc2)cc1)c1cccc([N+](=O)[O-])c1. The van der Waals surface area contributed by atoms with Crippen LogP contribution in [0.15, 0.2) is 78.9 Å². The molecule has 0 atom stereocenters. The molecule has 0 aliphatic carbocycles. The van der Waals surface area contributed by atoms with Gasteiger partial charge in [0, 0.05) is 28.9 Å². The summed E-state index contributed by atoms with van der Waals surface area (Å²) in [6, 6.07) is 19.9. The molecule has 0 aliphatic heterocycles. The van der Waals surface area contributed by atoms with Gasteiger partial charge in [0.05, 0.1) is 10.5 Å². The molecular formula is C22H16N2O6. The molecule has 0 saturated carbocycles. The molecule has 0 heterocycles. The normalized spacial score (nSPS) is 10.1. The standard InChI is InChI=1S/C22H16N2O6/c25-20(17-7-4-8-19(13-17)24(28)29)14-30-22(27)16-9-11-18(12-10-16)23-21(26)15-5-2-1-3-6-15/h1-13H,14H2,(H,23,26). The summed E-state index contributed by atoms with van der Waals surface area (Å²) in [5.74, 6) is -1.57. The second kappa shape index (κ2) is 9.24. The summed E-state index contributed by atoms with van der Waals surface area (Å²) in [5.41, 5.74) is 1.05. The summed E-state index contributed by atoms with van der Waals surface area (Å²) in [4.78, 5) is 46.6. The third kappa shape index (κ3) is 5.14. The van der Waals surface area contributed by atoms with E-state index < -0.39 is 23.3 Å². The highest BCUT2D eigenvalue weighted by Crippen LogP contribution is 2.15. The Bertz CT molecular complexity index is 1090. The van der Waals surface area contributed by atoms with E-state index in [1.165, 1.54) is 30.3 Å². The number of carbonyl (C=O) groups excluding carboxylic acids is 3. The lowest BCUT2D eigenvalue weighted by Gasteiger charge is -2.07. The fraction of sp³-hybridized carbons (Fsp3) is 0.0455. The fourth-order valence-corrected chi connectivity index (χ4v) is 2.57. The Kier molecular flexibility index (Phi) is 6.29. The molecular weight excluding hydrogens is 388 g/mol. The van der Waals surface area contributed by atoms with E-state index in [0.29, 0.717) is 11.3 Å². The average molecular weight is 404 g/mol. The van der Waals surface area contributed by atoms with Gasteiger partial charge < -0.3 is 10.1 Å². The molecule has 3 aromatic rings. The van der Waals surface area contributed by atoms with Crippen molar-refractivity contribution in [3.8, 4) is 0 Å². The Morgan fingerprint density at radius 3 is 2.17 bits per heavy atom. The molecule has 0 fully saturated rings. The number of rotatable bonds is 7. The summed E-state index contributed by atoms with van der Waals surface area (Å²) in [5, 5.41) is 13.5. The van der Waals surface area contributed by atoms with Crippen LogP contribution in [0.5, 0.6) is 0 Å². The van der Waals surface area contributed by atoms with Crippen molar-refractivity contribution in [1.29, 1.82) is 0 Å². The van der Waals surface area contributed by atoms with E-state index in [4.69, 9.17) is 4.74 Å². The van der Waals surface area contributed by atoms with Gasteiger partial charge in [-0.1, -0.05) is 30.3 Å². The van der Waals surface area contributed by atoms with Crippen LogP contribution >= 0.6 is 0 Å². The highest BCUT2D eigenvalue weighted by Gasteiger charge is 2.15. The minimum atomic E-state index is -0.727. The van der Waals surface area contributed by atoms with E-state index in [2.05, 4.69) is 5.32 Å². The van der Waals surface area contributed by atoms with Crippen LogP contribution in [0.3, 0.4) is 0 Å². The number of hydrogen-bond acceptors (Lipinski definition) is 6. The molecule has 0 aromatic heterocycles. The van der Waals surface area contributed by atoms with Gasteiger partial charge in [-0.3, -0.25) is 19.7 Å². The first-order valence-electron chi connectivity index (χ1n) is 8.85. The Morgan fingerprint density at radius 1 is 0.833 bits per heavy atom. The number of nitrogens with zero attached hydrogens (tertiary/aromatic N) is 1. The summed E-state index contributed by atoms with van der Waals surface area (Å²) in [6.07, 6.45) is 0. The third-order valence-corrected chi connectivity index (χ3v) is 4.13. The Morgan fingerprint density at radius 2 is 1.50 bits per heavy atom. The predicted octanol–water partition coefficient (Wildman–Crippen LogP) is 3.89. The van der Waals surface area contributed by atoms with Crippen LogP contribution in [0.2, 0.25) is 0 Å². The quantitative estimate of drug-likeness (QED) is 0.276. The largest absolute Gasteiger partial charge is 0.454 e. The lowest BCUT2D eigenvalue weighted by atomic mass is 10.1. The number of non-ortho nitro benzene ring substituents is 1. The molecule has 1 amide bonds. The number of nitrogens with one attached hydrogen (secondary N) is 1. The van der Waals surface area contributed by atoms with Crippen molar-refractivity contribution >= 4 is 29.0 Å². The molecule has 8 nitrogen and oxygen atoms in total. The Labute approximate surface area is 171 Å². The number of ether oxygens (including phenoxy) is 1. The maximum Gasteiger partial charge on any atom is 0.338 e. The second-order valence-electron chi connectivity index (χ2n) is 6.20. The lowest BCUT2D eigenvalue weighted by Crippen LogP contribution is -2.15. The molecule has 0 radical (unpaired) electrons. The number of carbonyl (C=O) groups is 3. The number of Topliss-reactive ketones (excluding diaryl/α,β-unsaturated/α-hetero) is 1. The zero-order chi connectivity index (χ0) is 21.5. The summed E-state index contributed by atoms with van der Waals surface area (Å²) >= 11 is 0. The van der Waals surface area contributed by atoms with Gasteiger partial charge in [-0.2, -0.15) is 0 Å². The third-order valence-electron chi connectivity index (χ3n) is 4.13. The molecule has 0 bridgehead atoms. The van der Waals surface area contributed by atoms with Crippen LogP contribution in [0.1, 0.15) is 31.1 Å². The molecule has 0 saturated heterocycles. The zero-order valence-corrected chi connectivity index (χ0v) is 15.6. The van der Waals surface area contributed by atoms with Crippen molar-refractivity contribution in [2.45, 2.75) is 0 Å². The molecule has 3 aromatic carbocycles. The zero-order valence-electron chi connectivity index (χ0n) is 15.6. The van der Waals surface area contributed by atoms with Gasteiger partial charge in [-0.05, 0) is 36.4 Å². The van der Waals surface area contributed by atoms with E-state index in [1.54, 1.807) is 42.5 Å². The monoisotopic (exact) mass is 404 g/mol. The Hall–Kier alpha value is -4.33. The van der Waals surface area contributed by atoms with E-state index in [0.717, 1.165) is 6.07 Å². The van der Waals surface area contributed by atoms with Crippen molar-refractivity contribution in [2.75, 3.05) is 11.9 Å². The molecule has 1 N–H and O–H groups in total.